The zero-order valence-corrected chi connectivity index (χ0v) is 9.25. The molecule has 0 spiro atoms. The summed E-state index contributed by atoms with van der Waals surface area (Å²) in [7, 11) is 0. The second kappa shape index (κ2) is 4.30. The van der Waals surface area contributed by atoms with E-state index >= 15 is 0 Å². The van der Waals surface area contributed by atoms with E-state index in [4.69, 9.17) is 11.5 Å². The lowest BCUT2D eigenvalue weighted by Crippen LogP contribution is -2.37. The summed E-state index contributed by atoms with van der Waals surface area (Å²) in [5, 5.41) is 0. The molecule has 1 fully saturated rings. The van der Waals surface area contributed by atoms with Gasteiger partial charge in [0.1, 0.15) is 0 Å². The van der Waals surface area contributed by atoms with Crippen LogP contribution in [0.5, 0.6) is 0 Å². The standard InChI is InChI=1S/C11H22N2O/c1-11(2)5-3-8(4-6-11)9(12)7-10(13)14/h8-9H,3-7,12H2,1-2H3,(H2,13,14)/t9-/m0/s1. The quantitative estimate of drug-likeness (QED) is 0.719. The molecule has 0 radical (unpaired) electrons. The van der Waals surface area contributed by atoms with Crippen LogP contribution in [0, 0.1) is 11.3 Å². The Bertz CT molecular complexity index is 203. The molecular weight excluding hydrogens is 176 g/mol. The van der Waals surface area contributed by atoms with Crippen molar-refractivity contribution in [2.75, 3.05) is 0 Å². The maximum atomic E-state index is 10.7. The summed E-state index contributed by atoms with van der Waals surface area (Å²) in [6, 6.07) is -0.0244. The van der Waals surface area contributed by atoms with Crippen LogP contribution in [0.3, 0.4) is 0 Å². The molecule has 1 aliphatic carbocycles. The fraction of sp³-hybridized carbons (Fsp3) is 0.909. The van der Waals surface area contributed by atoms with Gasteiger partial charge in [0.15, 0.2) is 0 Å². The molecule has 1 saturated carbocycles. The maximum Gasteiger partial charge on any atom is 0.218 e. The van der Waals surface area contributed by atoms with Gasteiger partial charge in [-0.05, 0) is 37.0 Å². The van der Waals surface area contributed by atoms with Gasteiger partial charge in [0.25, 0.3) is 0 Å². The first-order valence-electron chi connectivity index (χ1n) is 5.44. The second-order valence-corrected chi connectivity index (χ2v) is 5.34. The van der Waals surface area contributed by atoms with Gasteiger partial charge in [0, 0.05) is 12.5 Å². The molecule has 0 unspecified atom stereocenters. The third-order valence-corrected chi connectivity index (χ3v) is 3.43. The van der Waals surface area contributed by atoms with Gasteiger partial charge in [-0.2, -0.15) is 0 Å². The van der Waals surface area contributed by atoms with Gasteiger partial charge in [0.05, 0.1) is 0 Å². The molecule has 1 atom stereocenters. The Morgan fingerprint density at radius 1 is 1.43 bits per heavy atom. The van der Waals surface area contributed by atoms with E-state index in [2.05, 4.69) is 13.8 Å². The zero-order valence-electron chi connectivity index (χ0n) is 9.25. The highest BCUT2D eigenvalue weighted by atomic mass is 16.1. The number of hydrogen-bond donors (Lipinski definition) is 2. The first kappa shape index (κ1) is 11.5. The normalized spacial score (nSPS) is 24.5. The first-order chi connectivity index (χ1) is 6.41. The number of carbonyl (C=O) groups excluding carboxylic acids is 1. The monoisotopic (exact) mass is 198 g/mol. The molecule has 0 aliphatic heterocycles. The van der Waals surface area contributed by atoms with Crippen LogP contribution < -0.4 is 11.5 Å². The van der Waals surface area contributed by atoms with Gasteiger partial charge < -0.3 is 11.5 Å². The van der Waals surface area contributed by atoms with Crippen molar-refractivity contribution in [1.29, 1.82) is 0 Å². The number of primary amides is 1. The SMILES string of the molecule is CC1(C)CCC([C@@H](N)CC(N)=O)CC1. The van der Waals surface area contributed by atoms with Gasteiger partial charge in [-0.1, -0.05) is 13.8 Å². The minimum atomic E-state index is -0.276. The topological polar surface area (TPSA) is 69.1 Å². The Balaban J connectivity index is 2.37. The molecule has 4 N–H and O–H groups in total. The minimum Gasteiger partial charge on any atom is -0.370 e. The molecule has 0 heterocycles. The van der Waals surface area contributed by atoms with Crippen molar-refractivity contribution in [1.82, 2.24) is 0 Å². The fourth-order valence-electron chi connectivity index (χ4n) is 2.25. The maximum absolute atomic E-state index is 10.7. The third-order valence-electron chi connectivity index (χ3n) is 3.43. The number of carbonyl (C=O) groups is 1. The predicted octanol–water partition coefficient (Wildman–Crippen LogP) is 1.41. The molecule has 0 bridgehead atoms. The largest absolute Gasteiger partial charge is 0.370 e. The Hall–Kier alpha value is -0.570. The van der Waals surface area contributed by atoms with E-state index in [1.807, 2.05) is 0 Å². The van der Waals surface area contributed by atoms with Crippen LogP contribution in [0.2, 0.25) is 0 Å². The molecule has 1 rings (SSSR count). The molecule has 14 heavy (non-hydrogen) atoms. The number of nitrogens with two attached hydrogens (primary N) is 2. The lowest BCUT2D eigenvalue weighted by atomic mass is 9.71. The van der Waals surface area contributed by atoms with Gasteiger partial charge in [-0.15, -0.1) is 0 Å². The van der Waals surface area contributed by atoms with Crippen molar-refractivity contribution in [3.8, 4) is 0 Å². The summed E-state index contributed by atoms with van der Waals surface area (Å²) >= 11 is 0. The summed E-state index contributed by atoms with van der Waals surface area (Å²) in [5.41, 5.74) is 11.5. The predicted molar refractivity (Wildman–Crippen MR) is 57.5 cm³/mol. The zero-order chi connectivity index (χ0) is 10.8. The fourth-order valence-corrected chi connectivity index (χ4v) is 2.25. The molecule has 3 heteroatoms. The molecular formula is C11H22N2O. The van der Waals surface area contributed by atoms with Crippen LogP contribution in [0.25, 0.3) is 0 Å². The first-order valence-corrected chi connectivity index (χ1v) is 5.44. The van der Waals surface area contributed by atoms with E-state index in [0.29, 0.717) is 17.8 Å². The highest BCUT2D eigenvalue weighted by Crippen LogP contribution is 2.39. The van der Waals surface area contributed by atoms with Gasteiger partial charge in [-0.3, -0.25) is 4.79 Å². The van der Waals surface area contributed by atoms with Crippen molar-refractivity contribution >= 4 is 5.91 Å². The highest BCUT2D eigenvalue weighted by molar-refractivity contribution is 5.74. The van der Waals surface area contributed by atoms with E-state index in [1.165, 1.54) is 12.8 Å². The van der Waals surface area contributed by atoms with Crippen LogP contribution in [0.4, 0.5) is 0 Å². The van der Waals surface area contributed by atoms with E-state index in [-0.39, 0.29) is 11.9 Å². The molecule has 1 aliphatic rings. The van der Waals surface area contributed by atoms with E-state index in [1.54, 1.807) is 0 Å². The van der Waals surface area contributed by atoms with Crippen molar-refractivity contribution in [2.24, 2.45) is 22.8 Å². The lowest BCUT2D eigenvalue weighted by Gasteiger charge is -2.36. The Morgan fingerprint density at radius 2 is 1.93 bits per heavy atom. The average molecular weight is 198 g/mol. The van der Waals surface area contributed by atoms with Crippen molar-refractivity contribution < 1.29 is 4.79 Å². The summed E-state index contributed by atoms with van der Waals surface area (Å²) in [5.74, 6) is 0.220. The molecule has 0 aromatic carbocycles. The Morgan fingerprint density at radius 3 is 2.36 bits per heavy atom. The van der Waals surface area contributed by atoms with Crippen molar-refractivity contribution in [3.63, 3.8) is 0 Å². The van der Waals surface area contributed by atoms with Gasteiger partial charge >= 0.3 is 0 Å². The minimum absolute atomic E-state index is 0.0244. The van der Waals surface area contributed by atoms with Crippen LogP contribution in [-0.4, -0.2) is 11.9 Å². The molecule has 3 nitrogen and oxygen atoms in total. The summed E-state index contributed by atoms with van der Waals surface area (Å²) in [6.45, 7) is 4.59. The average Bonchev–Trinajstić information content (AvgIpc) is 2.02. The van der Waals surface area contributed by atoms with Gasteiger partial charge in [0.2, 0.25) is 5.91 Å². The van der Waals surface area contributed by atoms with E-state index < -0.39 is 0 Å². The van der Waals surface area contributed by atoms with E-state index in [9.17, 15) is 4.79 Å². The number of rotatable bonds is 3. The smallest absolute Gasteiger partial charge is 0.218 e. The van der Waals surface area contributed by atoms with Gasteiger partial charge in [-0.25, -0.2) is 0 Å². The molecule has 82 valence electrons. The highest BCUT2D eigenvalue weighted by Gasteiger charge is 2.30. The van der Waals surface area contributed by atoms with Crippen molar-refractivity contribution in [2.45, 2.75) is 52.0 Å². The third kappa shape index (κ3) is 3.29. The summed E-state index contributed by atoms with van der Waals surface area (Å²) < 4.78 is 0. The second-order valence-electron chi connectivity index (χ2n) is 5.34. The van der Waals surface area contributed by atoms with Crippen LogP contribution in [-0.2, 0) is 4.79 Å². The van der Waals surface area contributed by atoms with E-state index in [0.717, 1.165) is 12.8 Å². The number of hydrogen-bond acceptors (Lipinski definition) is 2. The lowest BCUT2D eigenvalue weighted by molar-refractivity contribution is -0.118. The molecule has 0 aromatic heterocycles. The van der Waals surface area contributed by atoms with Crippen LogP contribution in [0.15, 0.2) is 0 Å². The number of amides is 1. The Labute approximate surface area is 86.2 Å². The summed E-state index contributed by atoms with van der Waals surface area (Å²) in [4.78, 5) is 10.7. The van der Waals surface area contributed by atoms with Crippen molar-refractivity contribution in [3.05, 3.63) is 0 Å². The van der Waals surface area contributed by atoms with Crippen LogP contribution >= 0.6 is 0 Å². The molecule has 0 aromatic rings. The van der Waals surface area contributed by atoms with Crippen LogP contribution in [0.1, 0.15) is 46.0 Å². The molecule has 1 amide bonds. The molecule has 0 saturated heterocycles. The summed E-state index contributed by atoms with van der Waals surface area (Å²) in [6.07, 6.45) is 5.04. The Kier molecular flexibility index (Phi) is 3.53.